The molecular formula is C16H15F3N2O5S. The summed E-state index contributed by atoms with van der Waals surface area (Å²) in [7, 11) is -1.69. The molecule has 1 amide bonds. The number of nitrogens with one attached hydrogen (secondary N) is 2. The van der Waals surface area contributed by atoms with Crippen molar-refractivity contribution in [3.05, 3.63) is 53.6 Å². The van der Waals surface area contributed by atoms with Gasteiger partial charge in [-0.1, -0.05) is 6.07 Å². The Kier molecular flexibility index (Phi) is 5.96. The molecule has 0 aliphatic heterocycles. The minimum absolute atomic E-state index is 0.0120. The Balaban J connectivity index is 2.19. The second-order valence-electron chi connectivity index (χ2n) is 5.19. The highest BCUT2D eigenvalue weighted by Gasteiger charge is 2.31. The van der Waals surface area contributed by atoms with E-state index in [9.17, 15) is 26.4 Å². The van der Waals surface area contributed by atoms with E-state index in [0.29, 0.717) is 17.6 Å². The largest absolute Gasteiger partial charge is 0.497 e. The highest BCUT2D eigenvalue weighted by molar-refractivity contribution is 7.89. The fourth-order valence-corrected chi connectivity index (χ4v) is 2.91. The van der Waals surface area contributed by atoms with E-state index in [-0.39, 0.29) is 5.56 Å². The van der Waals surface area contributed by atoms with Crippen LogP contribution >= 0.6 is 0 Å². The molecule has 0 saturated carbocycles. The van der Waals surface area contributed by atoms with Crippen LogP contribution in [0.4, 0.5) is 13.2 Å². The van der Waals surface area contributed by atoms with E-state index in [1.807, 2.05) is 5.43 Å². The molecule has 0 radical (unpaired) electrons. The smallest absolute Gasteiger partial charge is 0.416 e. The lowest BCUT2D eigenvalue weighted by molar-refractivity contribution is -0.137. The molecule has 0 heterocycles. The van der Waals surface area contributed by atoms with E-state index in [4.69, 9.17) is 9.47 Å². The van der Waals surface area contributed by atoms with Crippen molar-refractivity contribution in [1.29, 1.82) is 0 Å². The lowest BCUT2D eigenvalue weighted by Crippen LogP contribution is -2.41. The molecule has 0 aromatic heterocycles. The molecule has 2 rings (SSSR count). The number of carbonyl (C=O) groups excluding carboxylic acids is 1. The van der Waals surface area contributed by atoms with E-state index in [1.54, 1.807) is 4.83 Å². The van der Waals surface area contributed by atoms with Crippen molar-refractivity contribution in [3.63, 3.8) is 0 Å². The Labute approximate surface area is 153 Å². The summed E-state index contributed by atoms with van der Waals surface area (Å²) >= 11 is 0. The zero-order valence-corrected chi connectivity index (χ0v) is 14.9. The number of carbonyl (C=O) groups is 1. The summed E-state index contributed by atoms with van der Waals surface area (Å²) in [6, 6.07) is 7.28. The third-order valence-electron chi connectivity index (χ3n) is 3.38. The molecule has 0 atom stereocenters. The van der Waals surface area contributed by atoms with Crippen molar-refractivity contribution in [2.45, 2.75) is 11.1 Å². The van der Waals surface area contributed by atoms with Crippen LogP contribution in [0.1, 0.15) is 15.9 Å². The van der Waals surface area contributed by atoms with Gasteiger partial charge < -0.3 is 9.47 Å². The highest BCUT2D eigenvalue weighted by atomic mass is 32.2. The number of alkyl halides is 3. The first kappa shape index (κ1) is 20.5. The second kappa shape index (κ2) is 7.84. The zero-order chi connectivity index (χ0) is 20.2. The number of rotatable bonds is 6. The maximum absolute atomic E-state index is 12.7. The van der Waals surface area contributed by atoms with Gasteiger partial charge >= 0.3 is 6.18 Å². The van der Waals surface area contributed by atoms with Gasteiger partial charge in [0.2, 0.25) is 0 Å². The summed E-state index contributed by atoms with van der Waals surface area (Å²) in [4.78, 5) is 13.3. The van der Waals surface area contributed by atoms with Crippen molar-refractivity contribution in [1.82, 2.24) is 10.3 Å². The van der Waals surface area contributed by atoms with Crippen LogP contribution in [0, 0.1) is 0 Å². The molecule has 7 nitrogen and oxygen atoms in total. The monoisotopic (exact) mass is 404 g/mol. The van der Waals surface area contributed by atoms with Crippen LogP contribution in [0.25, 0.3) is 0 Å². The van der Waals surface area contributed by atoms with E-state index >= 15 is 0 Å². The average molecular weight is 404 g/mol. The lowest BCUT2D eigenvalue weighted by Gasteiger charge is -2.12. The molecule has 27 heavy (non-hydrogen) atoms. The third kappa shape index (κ3) is 5.11. The number of sulfonamides is 1. The fourth-order valence-electron chi connectivity index (χ4n) is 2.02. The third-order valence-corrected chi connectivity index (χ3v) is 4.63. The number of benzene rings is 2. The molecule has 0 unspecified atom stereocenters. The van der Waals surface area contributed by atoms with Gasteiger partial charge in [-0.05, 0) is 30.3 Å². The molecular weight excluding hydrogens is 389 g/mol. The van der Waals surface area contributed by atoms with Crippen LogP contribution < -0.4 is 19.7 Å². The second-order valence-corrected chi connectivity index (χ2v) is 6.87. The van der Waals surface area contributed by atoms with Crippen LogP contribution in [0.3, 0.4) is 0 Å². The molecule has 0 bridgehead atoms. The summed E-state index contributed by atoms with van der Waals surface area (Å²) in [5.74, 6) is -0.275. The number of hydrogen-bond acceptors (Lipinski definition) is 5. The first-order valence-electron chi connectivity index (χ1n) is 7.29. The van der Waals surface area contributed by atoms with Gasteiger partial charge in [0.25, 0.3) is 15.9 Å². The van der Waals surface area contributed by atoms with E-state index in [0.717, 1.165) is 18.2 Å². The lowest BCUT2D eigenvalue weighted by atomic mass is 10.2. The standard InChI is InChI=1S/C16H15F3N2O5S/c1-25-12-6-10(7-13(9-12)26-2)15(22)20-21-27(23,24)14-5-3-4-11(8-14)16(17,18)19/h3-9,21H,1-2H3,(H,20,22). The van der Waals surface area contributed by atoms with Crippen molar-refractivity contribution in [3.8, 4) is 11.5 Å². The quantitative estimate of drug-likeness (QED) is 0.721. The number of ether oxygens (including phenoxy) is 2. The summed E-state index contributed by atoms with van der Waals surface area (Å²) in [5, 5.41) is 0. The van der Waals surface area contributed by atoms with Crippen LogP contribution in [0.2, 0.25) is 0 Å². The molecule has 2 N–H and O–H groups in total. The Bertz CT molecular complexity index is 923. The van der Waals surface area contributed by atoms with E-state index in [2.05, 4.69) is 0 Å². The molecule has 0 spiro atoms. The zero-order valence-electron chi connectivity index (χ0n) is 14.1. The maximum Gasteiger partial charge on any atom is 0.416 e. The van der Waals surface area contributed by atoms with Gasteiger partial charge in [0, 0.05) is 11.6 Å². The number of amides is 1. The Morgan fingerprint density at radius 3 is 2.11 bits per heavy atom. The normalized spacial score (nSPS) is 11.7. The van der Waals surface area contributed by atoms with Gasteiger partial charge in [-0.25, -0.2) is 8.42 Å². The summed E-state index contributed by atoms with van der Waals surface area (Å²) in [6.07, 6.45) is -4.70. The van der Waals surface area contributed by atoms with Gasteiger partial charge in [-0.3, -0.25) is 10.2 Å². The van der Waals surface area contributed by atoms with Gasteiger partial charge in [0.1, 0.15) is 11.5 Å². The molecule has 0 aliphatic rings. The topological polar surface area (TPSA) is 93.7 Å². The molecule has 2 aromatic rings. The minimum atomic E-state index is -4.70. The van der Waals surface area contributed by atoms with Crippen molar-refractivity contribution in [2.24, 2.45) is 0 Å². The van der Waals surface area contributed by atoms with Crippen LogP contribution in [-0.2, 0) is 16.2 Å². The predicted octanol–water partition coefficient (Wildman–Crippen LogP) is 2.35. The van der Waals surface area contributed by atoms with Gasteiger partial charge in [0.15, 0.2) is 0 Å². The maximum atomic E-state index is 12.7. The molecule has 2 aromatic carbocycles. The Morgan fingerprint density at radius 2 is 1.59 bits per heavy atom. The van der Waals surface area contributed by atoms with Crippen LogP contribution in [-0.4, -0.2) is 28.5 Å². The number of hydrazine groups is 1. The number of hydrogen-bond donors (Lipinski definition) is 2. The van der Waals surface area contributed by atoms with Crippen molar-refractivity contribution >= 4 is 15.9 Å². The summed E-state index contributed by atoms with van der Waals surface area (Å²) in [5.41, 5.74) is 0.811. The first-order chi connectivity index (χ1) is 12.6. The predicted molar refractivity (Wildman–Crippen MR) is 88.8 cm³/mol. The van der Waals surface area contributed by atoms with Crippen LogP contribution in [0.5, 0.6) is 11.5 Å². The summed E-state index contributed by atoms with van der Waals surface area (Å²) < 4.78 is 72.5. The minimum Gasteiger partial charge on any atom is -0.497 e. The van der Waals surface area contributed by atoms with Gasteiger partial charge in [-0.15, -0.1) is 4.83 Å². The molecule has 0 fully saturated rings. The number of halogens is 3. The molecule has 0 saturated heterocycles. The molecule has 11 heteroatoms. The van der Waals surface area contributed by atoms with E-state index in [1.165, 1.54) is 32.4 Å². The molecule has 0 aliphatic carbocycles. The van der Waals surface area contributed by atoms with Gasteiger partial charge in [-0.2, -0.15) is 13.2 Å². The molecule has 146 valence electrons. The van der Waals surface area contributed by atoms with E-state index < -0.39 is 32.6 Å². The Morgan fingerprint density at radius 1 is 1.00 bits per heavy atom. The average Bonchev–Trinajstić information content (AvgIpc) is 2.65. The fraction of sp³-hybridized carbons (Fsp3) is 0.188. The van der Waals surface area contributed by atoms with Crippen LogP contribution in [0.15, 0.2) is 47.4 Å². The Hall–Kier alpha value is -2.79. The highest BCUT2D eigenvalue weighted by Crippen LogP contribution is 2.30. The van der Waals surface area contributed by atoms with Crippen molar-refractivity contribution < 1.29 is 35.9 Å². The SMILES string of the molecule is COc1cc(OC)cc(C(=O)NNS(=O)(=O)c2cccc(C(F)(F)F)c2)c1. The van der Waals surface area contributed by atoms with Gasteiger partial charge in [0.05, 0.1) is 24.7 Å². The van der Waals surface area contributed by atoms with Crippen molar-refractivity contribution in [2.75, 3.05) is 14.2 Å². The summed E-state index contributed by atoms with van der Waals surface area (Å²) in [6.45, 7) is 0. The number of methoxy groups -OCH3 is 2. The first-order valence-corrected chi connectivity index (χ1v) is 8.77.